The van der Waals surface area contributed by atoms with E-state index in [0.29, 0.717) is 17.9 Å². The quantitative estimate of drug-likeness (QED) is 0.535. The van der Waals surface area contributed by atoms with Crippen molar-refractivity contribution < 1.29 is 0 Å². The fourth-order valence-electron chi connectivity index (χ4n) is 6.65. The zero-order valence-electron chi connectivity index (χ0n) is 21.8. The molecule has 1 fully saturated rings. The van der Waals surface area contributed by atoms with Crippen molar-refractivity contribution in [2.75, 3.05) is 46.9 Å². The van der Waals surface area contributed by atoms with Gasteiger partial charge in [-0.1, -0.05) is 36.4 Å². The number of nitrogens with one attached hydrogen (secondary N) is 4. The summed E-state index contributed by atoms with van der Waals surface area (Å²) in [5.74, 6) is 1.26. The lowest BCUT2D eigenvalue weighted by molar-refractivity contribution is 0.240. The summed E-state index contributed by atoms with van der Waals surface area (Å²) in [7, 11) is 4.43. The maximum absolute atomic E-state index is 3.96. The Bertz CT molecular complexity index is 1000. The van der Waals surface area contributed by atoms with Crippen LogP contribution in [0.15, 0.2) is 30.3 Å². The zero-order valence-corrected chi connectivity index (χ0v) is 21.8. The highest BCUT2D eigenvalue weighted by Gasteiger charge is 2.36. The minimum atomic E-state index is 0.459. The molecule has 0 aromatic heterocycles. The molecule has 1 saturated heterocycles. The maximum Gasteiger partial charge on any atom is 0.0456 e. The number of rotatable bonds is 4. The Balaban J connectivity index is 1.50. The van der Waals surface area contributed by atoms with Crippen molar-refractivity contribution in [2.24, 2.45) is 5.92 Å². The number of fused-ring (bicyclic) bond motifs is 5. The van der Waals surface area contributed by atoms with Crippen molar-refractivity contribution in [1.82, 2.24) is 26.4 Å². The Morgan fingerprint density at radius 3 is 2.63 bits per heavy atom. The minimum absolute atomic E-state index is 0.459. The molecule has 35 heavy (non-hydrogen) atoms. The third kappa shape index (κ3) is 5.81. The molecule has 5 rings (SSSR count). The second kappa shape index (κ2) is 12.0. The van der Waals surface area contributed by atoms with E-state index < -0.39 is 0 Å². The van der Waals surface area contributed by atoms with Gasteiger partial charge in [0.1, 0.15) is 0 Å². The van der Waals surface area contributed by atoms with Crippen molar-refractivity contribution in [3.8, 4) is 0 Å². The van der Waals surface area contributed by atoms with E-state index in [-0.39, 0.29) is 0 Å². The van der Waals surface area contributed by atoms with Crippen LogP contribution in [0.25, 0.3) is 16.8 Å². The smallest absolute Gasteiger partial charge is 0.0456 e. The van der Waals surface area contributed by atoms with E-state index in [2.05, 4.69) is 76.9 Å². The molecule has 3 aliphatic rings. The van der Waals surface area contributed by atoms with Gasteiger partial charge in [-0.15, -0.1) is 0 Å². The van der Waals surface area contributed by atoms with Crippen LogP contribution in [0.2, 0.25) is 0 Å². The Morgan fingerprint density at radius 2 is 1.71 bits per heavy atom. The molecule has 5 heteroatoms. The third-order valence-electron chi connectivity index (χ3n) is 8.47. The van der Waals surface area contributed by atoms with Crippen molar-refractivity contribution in [3.05, 3.63) is 52.6 Å². The largest absolute Gasteiger partial charge is 0.309 e. The highest BCUT2D eigenvalue weighted by Crippen LogP contribution is 2.44. The van der Waals surface area contributed by atoms with Gasteiger partial charge in [0, 0.05) is 31.7 Å². The lowest BCUT2D eigenvalue weighted by Gasteiger charge is -2.41. The molecule has 3 unspecified atom stereocenters. The maximum atomic E-state index is 3.96. The molecule has 0 amide bonds. The van der Waals surface area contributed by atoms with E-state index in [4.69, 9.17) is 0 Å². The zero-order chi connectivity index (χ0) is 24.0. The highest BCUT2D eigenvalue weighted by atomic mass is 15.3. The summed E-state index contributed by atoms with van der Waals surface area (Å²) in [5.41, 5.74) is 13.1. The first kappa shape index (κ1) is 24.9. The molecule has 1 aliphatic heterocycles. The average Bonchev–Trinajstić information content (AvgIpc) is 2.87. The number of aryl methyl sites for hydroxylation is 2. The van der Waals surface area contributed by atoms with Crippen LogP contribution in [0.1, 0.15) is 66.7 Å². The molecule has 2 aliphatic carbocycles. The third-order valence-corrected chi connectivity index (χ3v) is 8.47. The van der Waals surface area contributed by atoms with E-state index in [1.54, 1.807) is 16.7 Å². The molecule has 4 N–H and O–H groups in total. The molecular weight excluding hydrogens is 430 g/mol. The monoisotopic (exact) mass is 475 g/mol. The van der Waals surface area contributed by atoms with Crippen LogP contribution in [0.3, 0.4) is 0 Å². The van der Waals surface area contributed by atoms with E-state index in [1.807, 2.05) is 0 Å². The van der Waals surface area contributed by atoms with Crippen LogP contribution in [0.5, 0.6) is 0 Å². The highest BCUT2D eigenvalue weighted by molar-refractivity contribution is 5.93. The van der Waals surface area contributed by atoms with Gasteiger partial charge in [0.15, 0.2) is 0 Å². The molecule has 0 radical (unpaired) electrons. The number of hydrogen-bond acceptors (Lipinski definition) is 5. The molecule has 1 heterocycles. The summed E-state index contributed by atoms with van der Waals surface area (Å²) in [6.07, 6.45) is 14.3. The molecule has 190 valence electrons. The first-order valence-electron chi connectivity index (χ1n) is 14.0. The van der Waals surface area contributed by atoms with Crippen molar-refractivity contribution in [2.45, 2.75) is 63.3 Å². The fraction of sp³-hybridized carbons (Fsp3) is 0.600. The van der Waals surface area contributed by atoms with E-state index >= 15 is 0 Å². The summed E-state index contributed by atoms with van der Waals surface area (Å²) in [4.78, 5) is 2.36. The van der Waals surface area contributed by atoms with Crippen LogP contribution in [-0.2, 0) is 12.8 Å². The SMILES string of the molecule is CN(C)CCC1CCc2c(ccc3c4c(ccc23)C=CCC4)C1C1CCNNCCCCNCN1. The molecule has 0 bridgehead atoms. The molecule has 2 aromatic rings. The Labute approximate surface area is 212 Å². The van der Waals surface area contributed by atoms with Gasteiger partial charge < -0.3 is 15.5 Å². The van der Waals surface area contributed by atoms with Crippen LogP contribution in [-0.4, -0.2) is 57.9 Å². The van der Waals surface area contributed by atoms with Crippen molar-refractivity contribution in [1.29, 1.82) is 0 Å². The molecule has 2 aromatic carbocycles. The molecule has 5 nitrogen and oxygen atoms in total. The normalized spacial score (nSPS) is 26.1. The van der Waals surface area contributed by atoms with Crippen LogP contribution >= 0.6 is 0 Å². The predicted octanol–water partition coefficient (Wildman–Crippen LogP) is 4.18. The van der Waals surface area contributed by atoms with Gasteiger partial charge in [-0.05, 0) is 117 Å². The Hall–Kier alpha value is -1.76. The van der Waals surface area contributed by atoms with Crippen LogP contribution in [0, 0.1) is 5.92 Å². The fourth-order valence-corrected chi connectivity index (χ4v) is 6.65. The van der Waals surface area contributed by atoms with Gasteiger partial charge >= 0.3 is 0 Å². The molecule has 3 atom stereocenters. The second-order valence-corrected chi connectivity index (χ2v) is 11.1. The van der Waals surface area contributed by atoms with Gasteiger partial charge in [0.05, 0.1) is 0 Å². The summed E-state index contributed by atoms with van der Waals surface area (Å²) in [6.45, 7) is 5.18. The molecular formula is C30H45N5. The van der Waals surface area contributed by atoms with Crippen LogP contribution in [0.4, 0.5) is 0 Å². The van der Waals surface area contributed by atoms with Gasteiger partial charge in [0.2, 0.25) is 0 Å². The Morgan fingerprint density at radius 1 is 0.886 bits per heavy atom. The van der Waals surface area contributed by atoms with Gasteiger partial charge in [-0.25, -0.2) is 0 Å². The summed E-state index contributed by atoms with van der Waals surface area (Å²) in [6, 6.07) is 10.2. The van der Waals surface area contributed by atoms with Crippen LogP contribution < -0.4 is 21.5 Å². The molecule has 0 saturated carbocycles. The lowest BCUT2D eigenvalue weighted by atomic mass is 9.68. The first-order valence-corrected chi connectivity index (χ1v) is 14.0. The number of allylic oxidation sites excluding steroid dienone is 1. The summed E-state index contributed by atoms with van der Waals surface area (Å²) >= 11 is 0. The summed E-state index contributed by atoms with van der Waals surface area (Å²) < 4.78 is 0. The van der Waals surface area contributed by atoms with E-state index in [1.165, 1.54) is 61.3 Å². The Kier molecular flexibility index (Phi) is 8.53. The number of hydrogen-bond donors (Lipinski definition) is 4. The van der Waals surface area contributed by atoms with Gasteiger partial charge in [0.25, 0.3) is 0 Å². The number of hydrazine groups is 1. The average molecular weight is 476 g/mol. The predicted molar refractivity (Wildman–Crippen MR) is 149 cm³/mol. The summed E-state index contributed by atoms with van der Waals surface area (Å²) in [5, 5.41) is 10.6. The van der Waals surface area contributed by atoms with E-state index in [0.717, 1.165) is 39.3 Å². The topological polar surface area (TPSA) is 51.4 Å². The number of benzene rings is 2. The van der Waals surface area contributed by atoms with Crippen molar-refractivity contribution in [3.63, 3.8) is 0 Å². The lowest BCUT2D eigenvalue weighted by Crippen LogP contribution is -2.47. The van der Waals surface area contributed by atoms with E-state index in [9.17, 15) is 0 Å². The first-order chi connectivity index (χ1) is 17.2. The van der Waals surface area contributed by atoms with Gasteiger partial charge in [-0.3, -0.25) is 10.9 Å². The molecule has 0 spiro atoms. The standard InChI is InChI=1S/C30H45N5/c1-35(2)20-16-23-10-12-27-26-11-9-22-7-3-4-8-24(22)25(26)13-14-28(27)30(23)29-15-19-34-33-18-6-5-17-31-21-32-29/h3,7,9,11,13-14,23,29-34H,4-6,8,10,12,15-21H2,1-2H3. The van der Waals surface area contributed by atoms with Gasteiger partial charge in [-0.2, -0.15) is 0 Å². The number of nitrogens with zero attached hydrogens (tertiary/aromatic N) is 1. The minimum Gasteiger partial charge on any atom is -0.309 e. The second-order valence-electron chi connectivity index (χ2n) is 11.1. The van der Waals surface area contributed by atoms with Crippen molar-refractivity contribution >= 4 is 16.8 Å².